The fourth-order valence-corrected chi connectivity index (χ4v) is 3.89. The Hall–Kier alpha value is -1.53. The SMILES string of the molecule is Cc1ccc2nc(SC3CCC(N)(C(=O)O)C3)[nH]c2c1. The van der Waals surface area contributed by atoms with Gasteiger partial charge in [0.15, 0.2) is 5.16 Å². The fourth-order valence-electron chi connectivity index (χ4n) is 2.64. The molecule has 0 radical (unpaired) electrons. The van der Waals surface area contributed by atoms with Gasteiger partial charge in [-0.25, -0.2) is 4.98 Å². The number of imidazole rings is 1. The standard InChI is InChI=1S/C14H17N3O2S/c1-8-2-3-10-11(6-8)17-13(16-10)20-9-4-5-14(15,7-9)12(18)19/h2-3,6,9H,4-5,7,15H2,1H3,(H,16,17)(H,18,19). The molecule has 0 spiro atoms. The lowest BCUT2D eigenvalue weighted by molar-refractivity contribution is -0.143. The lowest BCUT2D eigenvalue weighted by Gasteiger charge is -2.17. The number of aliphatic carboxylic acids is 1. The number of aryl methyl sites for hydroxylation is 1. The van der Waals surface area contributed by atoms with E-state index in [1.54, 1.807) is 11.8 Å². The number of nitrogens with zero attached hydrogens (tertiary/aromatic N) is 1. The van der Waals surface area contributed by atoms with Crippen molar-refractivity contribution in [2.24, 2.45) is 5.73 Å². The summed E-state index contributed by atoms with van der Waals surface area (Å²) in [4.78, 5) is 19.0. The van der Waals surface area contributed by atoms with Crippen molar-refractivity contribution < 1.29 is 9.90 Å². The van der Waals surface area contributed by atoms with Gasteiger partial charge in [-0.1, -0.05) is 17.8 Å². The molecule has 0 saturated heterocycles. The van der Waals surface area contributed by atoms with Gasteiger partial charge in [0.1, 0.15) is 5.54 Å². The highest BCUT2D eigenvalue weighted by Crippen LogP contribution is 2.38. The molecule has 0 amide bonds. The molecule has 1 heterocycles. The zero-order valence-electron chi connectivity index (χ0n) is 11.2. The second-order valence-electron chi connectivity index (χ2n) is 5.51. The Bertz CT molecular complexity index is 669. The molecule has 1 fully saturated rings. The number of nitrogens with two attached hydrogens (primary N) is 1. The average Bonchev–Trinajstić information content (AvgIpc) is 2.93. The van der Waals surface area contributed by atoms with E-state index in [2.05, 4.69) is 16.0 Å². The maximum Gasteiger partial charge on any atom is 0.323 e. The van der Waals surface area contributed by atoms with Crippen molar-refractivity contribution in [2.75, 3.05) is 0 Å². The number of thioether (sulfide) groups is 1. The summed E-state index contributed by atoms with van der Waals surface area (Å²) in [5.41, 5.74) is 7.97. The van der Waals surface area contributed by atoms with E-state index in [1.807, 2.05) is 19.1 Å². The molecule has 1 aliphatic rings. The first-order chi connectivity index (χ1) is 9.46. The van der Waals surface area contributed by atoms with Gasteiger partial charge < -0.3 is 15.8 Å². The molecule has 6 heteroatoms. The number of carbonyl (C=O) groups is 1. The normalized spacial score (nSPS) is 26.2. The third-order valence-corrected chi connectivity index (χ3v) is 4.98. The predicted octanol–water partition coefficient (Wildman–Crippen LogP) is 2.30. The van der Waals surface area contributed by atoms with Crippen LogP contribution in [0.15, 0.2) is 23.4 Å². The van der Waals surface area contributed by atoms with Gasteiger partial charge in [0.25, 0.3) is 0 Å². The second kappa shape index (κ2) is 4.79. The van der Waals surface area contributed by atoms with Crippen LogP contribution in [0.2, 0.25) is 0 Å². The molecule has 0 aliphatic heterocycles. The Morgan fingerprint density at radius 2 is 2.40 bits per heavy atom. The van der Waals surface area contributed by atoms with Gasteiger partial charge in [0.2, 0.25) is 0 Å². The summed E-state index contributed by atoms with van der Waals surface area (Å²) in [7, 11) is 0. The number of aromatic amines is 1. The third-order valence-electron chi connectivity index (χ3n) is 3.82. The van der Waals surface area contributed by atoms with Crippen LogP contribution in [-0.2, 0) is 4.79 Å². The van der Waals surface area contributed by atoms with Crippen LogP contribution in [0.1, 0.15) is 24.8 Å². The molecule has 106 valence electrons. The molecule has 1 saturated carbocycles. The summed E-state index contributed by atoms with van der Waals surface area (Å²) in [5, 5.41) is 10.2. The van der Waals surface area contributed by atoms with E-state index in [0.29, 0.717) is 12.8 Å². The topological polar surface area (TPSA) is 92.0 Å². The Kier molecular flexibility index (Phi) is 3.22. The van der Waals surface area contributed by atoms with Gasteiger partial charge in [-0.15, -0.1) is 0 Å². The summed E-state index contributed by atoms with van der Waals surface area (Å²) >= 11 is 1.59. The first-order valence-corrected chi connectivity index (χ1v) is 7.49. The number of carboxylic acid groups (broad SMARTS) is 1. The van der Waals surface area contributed by atoms with E-state index in [1.165, 1.54) is 5.56 Å². The Morgan fingerprint density at radius 1 is 1.60 bits per heavy atom. The quantitative estimate of drug-likeness (QED) is 0.807. The molecule has 2 unspecified atom stereocenters. The molecule has 0 bridgehead atoms. The summed E-state index contributed by atoms with van der Waals surface area (Å²) in [6.45, 7) is 2.04. The number of aromatic nitrogens is 2. The van der Waals surface area contributed by atoms with E-state index < -0.39 is 11.5 Å². The van der Waals surface area contributed by atoms with Crippen LogP contribution in [0.5, 0.6) is 0 Å². The summed E-state index contributed by atoms with van der Waals surface area (Å²) < 4.78 is 0. The average molecular weight is 291 g/mol. The maximum atomic E-state index is 11.1. The van der Waals surface area contributed by atoms with Crippen LogP contribution in [0.3, 0.4) is 0 Å². The number of rotatable bonds is 3. The van der Waals surface area contributed by atoms with Crippen molar-refractivity contribution in [2.45, 2.75) is 42.1 Å². The lowest BCUT2D eigenvalue weighted by Crippen LogP contribution is -2.45. The molecule has 3 rings (SSSR count). The van der Waals surface area contributed by atoms with E-state index in [0.717, 1.165) is 22.6 Å². The lowest BCUT2D eigenvalue weighted by atomic mass is 10.0. The minimum absolute atomic E-state index is 0.206. The number of hydrogen-bond donors (Lipinski definition) is 3. The van der Waals surface area contributed by atoms with Gasteiger partial charge in [-0.2, -0.15) is 0 Å². The van der Waals surface area contributed by atoms with Crippen LogP contribution in [0.4, 0.5) is 0 Å². The first-order valence-electron chi connectivity index (χ1n) is 6.62. The van der Waals surface area contributed by atoms with Crippen LogP contribution in [0, 0.1) is 6.92 Å². The minimum Gasteiger partial charge on any atom is -0.480 e. The minimum atomic E-state index is -1.07. The number of H-pyrrole nitrogens is 1. The highest BCUT2D eigenvalue weighted by Gasteiger charge is 2.42. The van der Waals surface area contributed by atoms with E-state index >= 15 is 0 Å². The molecule has 5 nitrogen and oxygen atoms in total. The predicted molar refractivity (Wildman–Crippen MR) is 78.9 cm³/mol. The fraction of sp³-hybridized carbons (Fsp3) is 0.429. The van der Waals surface area contributed by atoms with Crippen molar-refractivity contribution >= 4 is 28.8 Å². The summed E-state index contributed by atoms with van der Waals surface area (Å²) in [5.74, 6) is -0.902. The molecule has 1 aromatic carbocycles. The molecular weight excluding hydrogens is 274 g/mol. The van der Waals surface area contributed by atoms with Gasteiger partial charge in [-0.05, 0) is 43.9 Å². The number of benzene rings is 1. The molecular formula is C14H17N3O2S. The Morgan fingerprint density at radius 3 is 3.10 bits per heavy atom. The second-order valence-corrected chi connectivity index (χ2v) is 6.80. The van der Waals surface area contributed by atoms with Crippen LogP contribution >= 0.6 is 11.8 Å². The highest BCUT2D eigenvalue weighted by molar-refractivity contribution is 7.99. The monoisotopic (exact) mass is 291 g/mol. The van der Waals surface area contributed by atoms with E-state index in [9.17, 15) is 4.79 Å². The van der Waals surface area contributed by atoms with Crippen LogP contribution in [-0.4, -0.2) is 31.8 Å². The zero-order valence-corrected chi connectivity index (χ0v) is 12.0. The van der Waals surface area contributed by atoms with Gasteiger partial charge in [0, 0.05) is 5.25 Å². The third kappa shape index (κ3) is 2.41. The van der Waals surface area contributed by atoms with Crippen molar-refractivity contribution in [3.8, 4) is 0 Å². The van der Waals surface area contributed by atoms with E-state index in [4.69, 9.17) is 10.8 Å². The number of fused-ring (bicyclic) bond motifs is 1. The highest BCUT2D eigenvalue weighted by atomic mass is 32.2. The van der Waals surface area contributed by atoms with Crippen LogP contribution in [0.25, 0.3) is 11.0 Å². The Balaban J connectivity index is 1.76. The summed E-state index contributed by atoms with van der Waals surface area (Å²) in [6, 6.07) is 6.08. The van der Waals surface area contributed by atoms with Crippen molar-refractivity contribution in [1.82, 2.24) is 9.97 Å². The molecule has 1 aliphatic carbocycles. The van der Waals surface area contributed by atoms with Gasteiger partial charge >= 0.3 is 5.97 Å². The molecule has 2 atom stereocenters. The maximum absolute atomic E-state index is 11.1. The van der Waals surface area contributed by atoms with Crippen molar-refractivity contribution in [1.29, 1.82) is 0 Å². The first kappa shape index (κ1) is 13.5. The van der Waals surface area contributed by atoms with E-state index in [-0.39, 0.29) is 5.25 Å². The molecule has 1 aromatic heterocycles. The van der Waals surface area contributed by atoms with Crippen LogP contribution < -0.4 is 5.73 Å². The van der Waals surface area contributed by atoms with Gasteiger partial charge in [0.05, 0.1) is 11.0 Å². The van der Waals surface area contributed by atoms with Gasteiger partial charge in [-0.3, -0.25) is 4.79 Å². The Labute approximate surface area is 121 Å². The largest absolute Gasteiger partial charge is 0.480 e. The number of carboxylic acids is 1. The number of hydrogen-bond acceptors (Lipinski definition) is 4. The van der Waals surface area contributed by atoms with Crippen molar-refractivity contribution in [3.05, 3.63) is 23.8 Å². The number of nitrogens with one attached hydrogen (secondary N) is 1. The zero-order chi connectivity index (χ0) is 14.3. The summed E-state index contributed by atoms with van der Waals surface area (Å²) in [6.07, 6.45) is 1.83. The molecule has 4 N–H and O–H groups in total. The molecule has 2 aromatic rings. The smallest absolute Gasteiger partial charge is 0.323 e. The molecule has 20 heavy (non-hydrogen) atoms. The van der Waals surface area contributed by atoms with Crippen molar-refractivity contribution in [3.63, 3.8) is 0 Å².